The van der Waals surface area contributed by atoms with E-state index in [9.17, 15) is 9.59 Å². The lowest BCUT2D eigenvalue weighted by molar-refractivity contribution is 0.0303. The van der Waals surface area contributed by atoms with Crippen molar-refractivity contribution in [2.75, 3.05) is 31.6 Å². The number of benzene rings is 2. The molecule has 0 radical (unpaired) electrons. The van der Waals surface area contributed by atoms with Crippen molar-refractivity contribution in [3.05, 3.63) is 75.2 Å². The van der Waals surface area contributed by atoms with E-state index in [4.69, 9.17) is 21.1 Å². The van der Waals surface area contributed by atoms with Gasteiger partial charge in [-0.05, 0) is 48.9 Å². The molecule has 1 aromatic heterocycles. The van der Waals surface area contributed by atoms with Crippen LogP contribution >= 0.6 is 11.6 Å². The molecule has 2 heterocycles. The van der Waals surface area contributed by atoms with Crippen LogP contribution in [0.1, 0.15) is 15.9 Å². The number of nitrogens with zero attached hydrogens (tertiary/aromatic N) is 3. The first kappa shape index (κ1) is 21.9. The van der Waals surface area contributed by atoms with Crippen LogP contribution in [0.15, 0.2) is 53.5 Å². The molecule has 1 aliphatic heterocycles. The van der Waals surface area contributed by atoms with Crippen molar-refractivity contribution in [2.45, 2.75) is 6.92 Å². The number of carbonyl (C=O) groups is 1. The Kier molecular flexibility index (Phi) is 6.43. The van der Waals surface area contributed by atoms with Crippen molar-refractivity contribution in [1.29, 1.82) is 0 Å². The molecule has 0 saturated carbocycles. The molecule has 9 heteroatoms. The number of anilines is 2. The topological polar surface area (TPSA) is 85.7 Å². The molecule has 2 aromatic carbocycles. The normalized spacial score (nSPS) is 13.7. The second-order valence-electron chi connectivity index (χ2n) is 7.44. The van der Waals surface area contributed by atoms with Gasteiger partial charge in [0, 0.05) is 36.4 Å². The Bertz CT molecular complexity index is 1200. The van der Waals surface area contributed by atoms with E-state index in [1.54, 1.807) is 54.4 Å². The van der Waals surface area contributed by atoms with E-state index in [1.807, 2.05) is 6.92 Å². The highest BCUT2D eigenvalue weighted by molar-refractivity contribution is 6.31. The molecule has 0 atom stereocenters. The summed E-state index contributed by atoms with van der Waals surface area (Å²) in [7, 11) is 1.56. The first-order chi connectivity index (χ1) is 15.4. The Hall–Kier alpha value is -3.36. The van der Waals surface area contributed by atoms with E-state index in [0.29, 0.717) is 48.3 Å². The second kappa shape index (κ2) is 9.42. The first-order valence-electron chi connectivity index (χ1n) is 10.2. The molecule has 1 saturated heterocycles. The molecule has 32 heavy (non-hydrogen) atoms. The van der Waals surface area contributed by atoms with Crippen molar-refractivity contribution in [3.8, 4) is 11.5 Å². The zero-order chi connectivity index (χ0) is 22.7. The Morgan fingerprint density at radius 3 is 2.72 bits per heavy atom. The van der Waals surface area contributed by atoms with Gasteiger partial charge in [-0.25, -0.2) is 4.68 Å². The molecular formula is C23H23ClN4O4. The summed E-state index contributed by atoms with van der Waals surface area (Å²) in [5.74, 6) is 0.716. The van der Waals surface area contributed by atoms with Crippen LogP contribution in [0.25, 0.3) is 0 Å². The number of hydrogen-bond donors (Lipinski definition) is 1. The molecule has 0 unspecified atom stereocenters. The quantitative estimate of drug-likeness (QED) is 0.632. The summed E-state index contributed by atoms with van der Waals surface area (Å²) < 4.78 is 12.5. The van der Waals surface area contributed by atoms with Gasteiger partial charge in [0.2, 0.25) is 0 Å². The number of halogens is 1. The lowest BCUT2D eigenvalue weighted by Crippen LogP contribution is -2.40. The third kappa shape index (κ3) is 4.76. The fourth-order valence-electron chi connectivity index (χ4n) is 3.35. The predicted molar refractivity (Wildman–Crippen MR) is 122 cm³/mol. The lowest BCUT2D eigenvalue weighted by Gasteiger charge is -2.27. The average Bonchev–Trinajstić information content (AvgIpc) is 2.81. The second-order valence-corrected chi connectivity index (χ2v) is 7.84. The fraction of sp³-hybridized carbons (Fsp3) is 0.261. The van der Waals surface area contributed by atoms with Gasteiger partial charge in [-0.3, -0.25) is 9.59 Å². The van der Waals surface area contributed by atoms with E-state index >= 15 is 0 Å². The summed E-state index contributed by atoms with van der Waals surface area (Å²) in [5, 5.41) is 7.80. The first-order valence-corrected chi connectivity index (χ1v) is 10.5. The van der Waals surface area contributed by atoms with Crippen LogP contribution in [0.2, 0.25) is 5.02 Å². The zero-order valence-electron chi connectivity index (χ0n) is 17.8. The molecule has 3 aromatic rings. The van der Waals surface area contributed by atoms with Crippen LogP contribution < -0.4 is 15.6 Å². The molecule has 0 aliphatic carbocycles. The summed E-state index contributed by atoms with van der Waals surface area (Å²) in [6.45, 7) is 4.04. The number of rotatable bonds is 5. The Labute approximate surface area is 190 Å². The van der Waals surface area contributed by atoms with Crippen LogP contribution in [0.3, 0.4) is 0 Å². The maximum atomic E-state index is 12.8. The molecule has 4 rings (SSSR count). The Morgan fingerprint density at radius 1 is 1.19 bits per heavy atom. The molecule has 0 spiro atoms. The van der Waals surface area contributed by atoms with Gasteiger partial charge in [-0.2, -0.15) is 5.10 Å². The van der Waals surface area contributed by atoms with Gasteiger partial charge >= 0.3 is 0 Å². The van der Waals surface area contributed by atoms with E-state index in [2.05, 4.69) is 10.4 Å². The summed E-state index contributed by atoms with van der Waals surface area (Å²) in [6.07, 6.45) is 1.47. The standard InChI is InChI=1S/C23H23ClN4O4/c1-15-12-18(6-7-19(15)24)32-20-14-25-27(2)23(30)21(20)26-17-5-3-4-16(13-17)22(29)28-8-10-31-11-9-28/h3-7,12-14,26H,8-11H2,1-2H3. The number of carbonyl (C=O) groups excluding carboxylic acids is 1. The maximum Gasteiger partial charge on any atom is 0.294 e. The summed E-state index contributed by atoms with van der Waals surface area (Å²) in [6, 6.07) is 12.3. The third-order valence-electron chi connectivity index (χ3n) is 5.14. The summed E-state index contributed by atoms with van der Waals surface area (Å²) in [4.78, 5) is 27.4. The van der Waals surface area contributed by atoms with Crippen LogP contribution in [-0.2, 0) is 11.8 Å². The van der Waals surface area contributed by atoms with E-state index < -0.39 is 0 Å². The highest BCUT2D eigenvalue weighted by Crippen LogP contribution is 2.30. The third-order valence-corrected chi connectivity index (χ3v) is 5.56. The van der Waals surface area contributed by atoms with Crippen molar-refractivity contribution in [2.24, 2.45) is 7.05 Å². The van der Waals surface area contributed by atoms with Gasteiger partial charge in [0.25, 0.3) is 11.5 Å². The minimum Gasteiger partial charge on any atom is -0.453 e. The van der Waals surface area contributed by atoms with E-state index in [-0.39, 0.29) is 22.9 Å². The van der Waals surface area contributed by atoms with Crippen LogP contribution in [-0.4, -0.2) is 46.9 Å². The number of aryl methyl sites for hydroxylation is 2. The molecule has 1 N–H and O–H groups in total. The number of morpholine rings is 1. The molecule has 0 bridgehead atoms. The minimum atomic E-state index is -0.363. The van der Waals surface area contributed by atoms with Gasteiger partial charge in [0.05, 0.1) is 19.4 Å². The van der Waals surface area contributed by atoms with Crippen molar-refractivity contribution < 1.29 is 14.3 Å². The van der Waals surface area contributed by atoms with Gasteiger partial charge in [0.15, 0.2) is 11.4 Å². The highest BCUT2D eigenvalue weighted by atomic mass is 35.5. The zero-order valence-corrected chi connectivity index (χ0v) is 18.6. The molecule has 8 nitrogen and oxygen atoms in total. The lowest BCUT2D eigenvalue weighted by atomic mass is 10.1. The van der Waals surface area contributed by atoms with Gasteiger partial charge in [-0.1, -0.05) is 17.7 Å². The largest absolute Gasteiger partial charge is 0.453 e. The number of amides is 1. The molecular weight excluding hydrogens is 432 g/mol. The van der Waals surface area contributed by atoms with Crippen molar-refractivity contribution in [3.63, 3.8) is 0 Å². The molecule has 166 valence electrons. The number of ether oxygens (including phenoxy) is 2. The minimum absolute atomic E-state index is 0.0762. The monoisotopic (exact) mass is 454 g/mol. The molecule has 1 amide bonds. The van der Waals surface area contributed by atoms with Gasteiger partial charge in [0.1, 0.15) is 5.75 Å². The van der Waals surface area contributed by atoms with Crippen LogP contribution in [0, 0.1) is 6.92 Å². The van der Waals surface area contributed by atoms with E-state index in [0.717, 1.165) is 5.56 Å². The van der Waals surface area contributed by atoms with Crippen molar-refractivity contribution in [1.82, 2.24) is 14.7 Å². The van der Waals surface area contributed by atoms with Crippen LogP contribution in [0.5, 0.6) is 11.5 Å². The average molecular weight is 455 g/mol. The fourth-order valence-corrected chi connectivity index (χ4v) is 3.46. The molecule has 1 aliphatic rings. The smallest absolute Gasteiger partial charge is 0.294 e. The number of hydrogen-bond acceptors (Lipinski definition) is 6. The maximum absolute atomic E-state index is 12.8. The Morgan fingerprint density at radius 2 is 1.97 bits per heavy atom. The Balaban J connectivity index is 1.62. The predicted octanol–water partition coefficient (Wildman–Crippen LogP) is 3.75. The van der Waals surface area contributed by atoms with Gasteiger partial charge in [-0.15, -0.1) is 0 Å². The van der Waals surface area contributed by atoms with E-state index in [1.165, 1.54) is 10.9 Å². The highest BCUT2D eigenvalue weighted by Gasteiger charge is 2.19. The van der Waals surface area contributed by atoms with Crippen LogP contribution in [0.4, 0.5) is 11.4 Å². The summed E-state index contributed by atoms with van der Waals surface area (Å²) >= 11 is 6.09. The molecule has 1 fully saturated rings. The number of nitrogens with one attached hydrogen (secondary N) is 1. The van der Waals surface area contributed by atoms with Gasteiger partial charge < -0.3 is 19.7 Å². The SMILES string of the molecule is Cc1cc(Oc2cnn(C)c(=O)c2Nc2cccc(C(=O)N3CCOCC3)c2)ccc1Cl. The number of aromatic nitrogens is 2. The summed E-state index contributed by atoms with van der Waals surface area (Å²) in [5.41, 5.74) is 1.82. The van der Waals surface area contributed by atoms with Crippen molar-refractivity contribution >= 4 is 28.9 Å².